The second kappa shape index (κ2) is 12.5. The molecule has 0 saturated carbocycles. The third-order valence-electron chi connectivity index (χ3n) is 7.15. The van der Waals surface area contributed by atoms with Crippen molar-refractivity contribution in [1.29, 1.82) is 0 Å². The van der Waals surface area contributed by atoms with Gasteiger partial charge in [-0.05, 0) is 73.3 Å². The fourth-order valence-electron chi connectivity index (χ4n) is 5.11. The van der Waals surface area contributed by atoms with Gasteiger partial charge in [-0.3, -0.25) is 4.79 Å². The number of nitrogens with one attached hydrogen (secondary N) is 1. The largest absolute Gasteiger partial charge is 0.390 e. The van der Waals surface area contributed by atoms with E-state index in [0.29, 0.717) is 5.69 Å². The third-order valence-corrected chi connectivity index (χ3v) is 8.60. The van der Waals surface area contributed by atoms with E-state index in [1.807, 2.05) is 32.3 Å². The maximum Gasteiger partial charge on any atom is 0.239 e. The number of alkyl halides is 1. The van der Waals surface area contributed by atoms with E-state index in [1.54, 1.807) is 11.9 Å². The summed E-state index contributed by atoms with van der Waals surface area (Å²) in [6.45, 7) is 4.42. The van der Waals surface area contributed by atoms with Gasteiger partial charge < -0.3 is 15.3 Å². The Morgan fingerprint density at radius 2 is 1.83 bits per heavy atom. The van der Waals surface area contributed by atoms with Crippen molar-refractivity contribution < 1.29 is 9.90 Å². The van der Waals surface area contributed by atoms with Gasteiger partial charge in [-0.2, -0.15) is 0 Å². The molecule has 0 fully saturated rings. The summed E-state index contributed by atoms with van der Waals surface area (Å²) < 4.78 is 2.33. The number of fused-ring (bicyclic) bond motifs is 1. The van der Waals surface area contributed by atoms with Gasteiger partial charge in [0, 0.05) is 36.3 Å². The van der Waals surface area contributed by atoms with Gasteiger partial charge in [0.15, 0.2) is 0 Å². The Balaban J connectivity index is 2.21. The molecule has 1 aliphatic heterocycles. The lowest BCUT2D eigenvalue weighted by Crippen LogP contribution is -2.54. The second-order valence-corrected chi connectivity index (χ2v) is 11.2. The van der Waals surface area contributed by atoms with Crippen LogP contribution in [0.3, 0.4) is 0 Å². The molecule has 2 N–H and O–H groups in total. The Hall–Kier alpha value is -1.73. The number of carbonyl (C=O) groups is 1. The molecule has 2 aromatic rings. The summed E-state index contributed by atoms with van der Waals surface area (Å²) in [5.74, 6) is -0.566. The quantitative estimate of drug-likeness (QED) is 0.278. The lowest BCUT2D eigenvalue weighted by Gasteiger charge is -2.45. The molecule has 1 amide bonds. The first-order valence-corrected chi connectivity index (χ1v) is 13.9. The molecule has 0 saturated heterocycles. The van der Waals surface area contributed by atoms with Crippen molar-refractivity contribution in [2.45, 2.75) is 74.8 Å². The van der Waals surface area contributed by atoms with Crippen LogP contribution in [0.5, 0.6) is 0 Å². The lowest BCUT2D eigenvalue weighted by atomic mass is 9.72. The van der Waals surface area contributed by atoms with E-state index in [1.165, 1.54) is 0 Å². The number of benzene rings is 2. The Labute approximate surface area is 220 Å². The Morgan fingerprint density at radius 1 is 1.14 bits per heavy atom. The van der Waals surface area contributed by atoms with Crippen LogP contribution in [0, 0.1) is 0 Å². The van der Waals surface area contributed by atoms with Crippen LogP contribution >= 0.6 is 23.5 Å². The average molecular weight is 518 g/mol. The first kappa shape index (κ1) is 27.9. The third kappa shape index (κ3) is 6.16. The van der Waals surface area contributed by atoms with Crippen molar-refractivity contribution in [2.75, 3.05) is 37.2 Å². The number of anilines is 2. The van der Waals surface area contributed by atoms with Gasteiger partial charge in [-0.1, -0.05) is 51.7 Å². The number of hydrogen-bond acceptors (Lipinski definition) is 5. The van der Waals surface area contributed by atoms with E-state index in [2.05, 4.69) is 59.7 Å². The minimum atomic E-state index is -0.615. The lowest BCUT2D eigenvalue weighted by molar-refractivity contribution is -0.113. The summed E-state index contributed by atoms with van der Waals surface area (Å²) in [4.78, 5) is 15.2. The molecule has 2 aromatic carbocycles. The number of aliphatic hydroxyl groups is 1. The van der Waals surface area contributed by atoms with E-state index in [9.17, 15) is 9.90 Å². The zero-order valence-corrected chi connectivity index (χ0v) is 23.3. The van der Waals surface area contributed by atoms with Gasteiger partial charge in [0.1, 0.15) is 5.88 Å². The van der Waals surface area contributed by atoms with E-state index < -0.39 is 6.10 Å². The van der Waals surface area contributed by atoms with Crippen LogP contribution in [0.1, 0.15) is 69.4 Å². The molecular formula is C28H40ClN3O2S. The fourth-order valence-corrected chi connectivity index (χ4v) is 6.37. The number of rotatable bonds is 10. The first-order valence-electron chi connectivity index (χ1n) is 12.6. The molecule has 5 nitrogen and oxygen atoms in total. The van der Waals surface area contributed by atoms with Crippen LogP contribution in [0.2, 0.25) is 0 Å². The number of amides is 1. The van der Waals surface area contributed by atoms with E-state index in [4.69, 9.17) is 11.6 Å². The van der Waals surface area contributed by atoms with Crippen molar-refractivity contribution in [2.24, 2.45) is 0 Å². The van der Waals surface area contributed by atoms with Crippen molar-refractivity contribution >= 4 is 40.8 Å². The van der Waals surface area contributed by atoms with Crippen molar-refractivity contribution in [3.8, 4) is 0 Å². The maximum absolute atomic E-state index is 12.4. The molecular weight excluding hydrogens is 478 g/mol. The normalized spacial score (nSPS) is 19.6. The SMILES string of the molecule is CCCCC1(CCCC)[C@@H](O)[C@@H](c2cccc(NC(=O)CCl)c2)c2cc(N(C)C)ccc2SN1C. The maximum atomic E-state index is 12.4. The molecule has 0 radical (unpaired) electrons. The van der Waals surface area contributed by atoms with Crippen LogP contribution in [0.4, 0.5) is 11.4 Å². The van der Waals surface area contributed by atoms with Gasteiger partial charge in [0.05, 0.1) is 11.6 Å². The molecule has 0 aromatic heterocycles. The van der Waals surface area contributed by atoms with Gasteiger partial charge in [-0.15, -0.1) is 11.6 Å². The highest BCUT2D eigenvalue weighted by Crippen LogP contribution is 2.50. The molecule has 0 aliphatic carbocycles. The molecule has 0 spiro atoms. The van der Waals surface area contributed by atoms with Crippen LogP contribution in [-0.2, 0) is 4.79 Å². The van der Waals surface area contributed by atoms with E-state index in [0.717, 1.165) is 60.2 Å². The summed E-state index contributed by atoms with van der Waals surface area (Å²) in [5, 5.41) is 15.2. The van der Waals surface area contributed by atoms with E-state index >= 15 is 0 Å². The second-order valence-electron chi connectivity index (χ2n) is 9.75. The molecule has 0 unspecified atom stereocenters. The highest BCUT2D eigenvalue weighted by molar-refractivity contribution is 7.97. The van der Waals surface area contributed by atoms with Crippen molar-refractivity contribution in [3.63, 3.8) is 0 Å². The summed E-state index contributed by atoms with van der Waals surface area (Å²) in [6, 6.07) is 14.4. The number of likely N-dealkylation sites (N-methyl/N-ethyl adjacent to an activating group) is 1. The number of carbonyl (C=O) groups excluding carboxylic acids is 1. The summed E-state index contributed by atoms with van der Waals surface area (Å²) in [6.07, 6.45) is 5.54. The predicted octanol–water partition coefficient (Wildman–Crippen LogP) is 6.49. The summed E-state index contributed by atoms with van der Waals surface area (Å²) in [7, 11) is 6.22. The van der Waals surface area contributed by atoms with Crippen LogP contribution in [-0.4, -0.2) is 54.0 Å². The highest BCUT2D eigenvalue weighted by atomic mass is 35.5. The molecule has 0 bridgehead atoms. The van der Waals surface area contributed by atoms with Gasteiger partial charge in [-0.25, -0.2) is 4.31 Å². The van der Waals surface area contributed by atoms with Crippen LogP contribution in [0.25, 0.3) is 0 Å². The molecule has 192 valence electrons. The van der Waals surface area contributed by atoms with Crippen molar-refractivity contribution in [1.82, 2.24) is 4.31 Å². The number of nitrogens with zero attached hydrogens (tertiary/aromatic N) is 2. The number of unbranched alkanes of at least 4 members (excludes halogenated alkanes) is 2. The molecule has 1 aliphatic rings. The smallest absolute Gasteiger partial charge is 0.239 e. The zero-order chi connectivity index (χ0) is 25.6. The van der Waals surface area contributed by atoms with Gasteiger partial charge in [0.2, 0.25) is 5.91 Å². The zero-order valence-electron chi connectivity index (χ0n) is 21.7. The Kier molecular flexibility index (Phi) is 9.94. The first-order chi connectivity index (χ1) is 16.8. The minimum absolute atomic E-state index is 0.0934. The van der Waals surface area contributed by atoms with Crippen LogP contribution < -0.4 is 10.2 Å². The van der Waals surface area contributed by atoms with Gasteiger partial charge in [0.25, 0.3) is 0 Å². The molecule has 1 heterocycles. The fraction of sp³-hybridized carbons (Fsp3) is 0.536. The topological polar surface area (TPSA) is 55.8 Å². The Bertz CT molecular complexity index is 992. The average Bonchev–Trinajstić information content (AvgIpc) is 2.93. The van der Waals surface area contributed by atoms with Crippen LogP contribution in [0.15, 0.2) is 47.4 Å². The summed E-state index contributed by atoms with van der Waals surface area (Å²) in [5.41, 5.74) is 3.55. The number of hydrogen-bond donors (Lipinski definition) is 2. The van der Waals surface area contributed by atoms with Gasteiger partial charge >= 0.3 is 0 Å². The number of aliphatic hydroxyl groups excluding tert-OH is 1. The molecule has 2 atom stereocenters. The standard InChI is InChI=1S/C28H40ClN3O2S/c1-6-8-15-28(16-9-7-2)27(34)26(20-11-10-12-21(17-20)30-25(33)19-29)23-18-22(31(3)4)13-14-24(23)35-32(28)5/h10-14,17-18,26-27,34H,6-9,15-16,19H2,1-5H3,(H,30,33)/t26-,27-/m0/s1. The minimum Gasteiger partial charge on any atom is -0.390 e. The summed E-state index contributed by atoms with van der Waals surface area (Å²) >= 11 is 7.48. The van der Waals surface area contributed by atoms with E-state index in [-0.39, 0.29) is 23.2 Å². The highest BCUT2D eigenvalue weighted by Gasteiger charge is 2.48. The molecule has 3 rings (SSSR count). The Morgan fingerprint density at radius 3 is 2.43 bits per heavy atom. The number of halogens is 1. The molecule has 35 heavy (non-hydrogen) atoms. The van der Waals surface area contributed by atoms with Crippen molar-refractivity contribution in [3.05, 3.63) is 53.6 Å². The predicted molar refractivity (Wildman–Crippen MR) is 150 cm³/mol. The molecule has 7 heteroatoms. The monoisotopic (exact) mass is 517 g/mol.